The van der Waals surface area contributed by atoms with Crippen molar-refractivity contribution >= 4 is 5.97 Å². The summed E-state index contributed by atoms with van der Waals surface area (Å²) < 4.78 is 5.26. The average molecular weight is 302 g/mol. The lowest BCUT2D eigenvalue weighted by Crippen LogP contribution is -2.05. The summed E-state index contributed by atoms with van der Waals surface area (Å²) in [5, 5.41) is 0. The maximum absolute atomic E-state index is 11.5. The Labute approximate surface area is 136 Å². The van der Waals surface area contributed by atoms with Gasteiger partial charge in [-0.1, -0.05) is 56.8 Å². The van der Waals surface area contributed by atoms with Crippen molar-refractivity contribution in [1.82, 2.24) is 0 Å². The molecule has 1 rings (SSSR count). The molecule has 0 amide bonds. The van der Waals surface area contributed by atoms with E-state index in [9.17, 15) is 4.79 Å². The van der Waals surface area contributed by atoms with Crippen LogP contribution in [-0.2, 0) is 9.53 Å². The lowest BCUT2D eigenvalue weighted by atomic mass is 10.1. The third-order valence-corrected chi connectivity index (χ3v) is 3.88. The molecule has 2 heteroatoms. The Hall–Kier alpha value is -1.41. The highest BCUT2D eigenvalue weighted by Crippen LogP contribution is 2.09. The van der Waals surface area contributed by atoms with Gasteiger partial charge in [0.05, 0.1) is 6.61 Å². The topological polar surface area (TPSA) is 26.3 Å². The van der Waals surface area contributed by atoms with Crippen LogP contribution < -0.4 is 0 Å². The zero-order valence-electron chi connectivity index (χ0n) is 13.9. The summed E-state index contributed by atoms with van der Waals surface area (Å²) in [7, 11) is 0. The number of hydrogen-bond acceptors (Lipinski definition) is 2. The largest absolute Gasteiger partial charge is 0.466 e. The van der Waals surface area contributed by atoms with Gasteiger partial charge in [0, 0.05) is 19.3 Å². The standard InChI is InChI=1S/C20H30O2/c21-20-18-16-14-12-10-8-6-4-2-1-3-5-7-9-11-13-15-17-19-22-20/h4,6-19H2. The van der Waals surface area contributed by atoms with Gasteiger partial charge in [-0.15, -0.1) is 0 Å². The number of ether oxygens (including phenoxy) is 1. The molecule has 0 saturated heterocycles. The Morgan fingerprint density at radius 3 is 1.77 bits per heavy atom. The van der Waals surface area contributed by atoms with Crippen LogP contribution in [0.5, 0.6) is 0 Å². The molecule has 0 aromatic heterocycles. The molecule has 0 spiro atoms. The highest BCUT2D eigenvalue weighted by Gasteiger charge is 2.02. The second-order valence-electron chi connectivity index (χ2n) is 5.96. The van der Waals surface area contributed by atoms with Crippen LogP contribution in [0.4, 0.5) is 0 Å². The van der Waals surface area contributed by atoms with E-state index in [2.05, 4.69) is 23.7 Å². The van der Waals surface area contributed by atoms with Gasteiger partial charge in [0.2, 0.25) is 0 Å². The maximum atomic E-state index is 11.5. The third kappa shape index (κ3) is 12.3. The number of hydrogen-bond donors (Lipinski definition) is 0. The van der Waals surface area contributed by atoms with E-state index in [1.807, 2.05) is 0 Å². The fourth-order valence-corrected chi connectivity index (χ4v) is 2.51. The predicted molar refractivity (Wildman–Crippen MR) is 91.1 cm³/mol. The minimum absolute atomic E-state index is 0.0172. The van der Waals surface area contributed by atoms with Crippen LogP contribution in [-0.4, -0.2) is 12.6 Å². The van der Waals surface area contributed by atoms with Crippen LogP contribution in [0.1, 0.15) is 89.9 Å². The van der Waals surface area contributed by atoms with Crippen molar-refractivity contribution in [2.24, 2.45) is 0 Å². The van der Waals surface area contributed by atoms with E-state index < -0.39 is 0 Å². The van der Waals surface area contributed by atoms with E-state index in [0.717, 1.165) is 51.4 Å². The number of cyclic esters (lactones) is 1. The lowest BCUT2D eigenvalue weighted by Gasteiger charge is -2.05. The van der Waals surface area contributed by atoms with Gasteiger partial charge in [-0.3, -0.25) is 4.79 Å². The smallest absolute Gasteiger partial charge is 0.305 e. The molecule has 0 N–H and O–H groups in total. The van der Waals surface area contributed by atoms with Crippen molar-refractivity contribution in [3.05, 3.63) is 0 Å². The summed E-state index contributed by atoms with van der Waals surface area (Å²) in [4.78, 5) is 11.5. The van der Waals surface area contributed by atoms with Crippen molar-refractivity contribution in [1.29, 1.82) is 0 Å². The van der Waals surface area contributed by atoms with Gasteiger partial charge >= 0.3 is 5.97 Å². The minimum atomic E-state index is -0.0172. The number of carbonyl (C=O) groups is 1. The Morgan fingerprint density at radius 2 is 1.14 bits per heavy atom. The van der Waals surface area contributed by atoms with E-state index >= 15 is 0 Å². The van der Waals surface area contributed by atoms with Gasteiger partial charge in [0.25, 0.3) is 0 Å². The summed E-state index contributed by atoms with van der Waals surface area (Å²) >= 11 is 0. The highest BCUT2D eigenvalue weighted by atomic mass is 16.5. The van der Waals surface area contributed by atoms with Gasteiger partial charge in [-0.2, -0.15) is 0 Å². The first kappa shape index (κ1) is 18.6. The molecule has 1 heterocycles. The fourth-order valence-electron chi connectivity index (χ4n) is 2.51. The monoisotopic (exact) mass is 302 g/mol. The molecule has 1 aliphatic rings. The van der Waals surface area contributed by atoms with Crippen molar-refractivity contribution in [2.45, 2.75) is 89.9 Å². The van der Waals surface area contributed by atoms with E-state index in [0.29, 0.717) is 13.0 Å². The summed E-state index contributed by atoms with van der Waals surface area (Å²) in [6.07, 6.45) is 15.1. The van der Waals surface area contributed by atoms with E-state index in [4.69, 9.17) is 4.74 Å². The zero-order valence-corrected chi connectivity index (χ0v) is 13.9. The van der Waals surface area contributed by atoms with Crippen LogP contribution >= 0.6 is 0 Å². The number of esters is 1. The van der Waals surface area contributed by atoms with Crippen molar-refractivity contribution < 1.29 is 9.53 Å². The third-order valence-electron chi connectivity index (χ3n) is 3.88. The Morgan fingerprint density at radius 1 is 0.636 bits per heavy atom. The SMILES string of the molecule is O=C1CCCCCCCCC#CC#CCCCCCCCO1. The average Bonchev–Trinajstić information content (AvgIpc) is 2.52. The first-order valence-electron chi connectivity index (χ1n) is 9.01. The van der Waals surface area contributed by atoms with Gasteiger partial charge in [-0.05, 0) is 37.5 Å². The Balaban J connectivity index is 2.23. The van der Waals surface area contributed by atoms with E-state index in [1.54, 1.807) is 0 Å². The van der Waals surface area contributed by atoms with Crippen molar-refractivity contribution in [3.8, 4) is 23.7 Å². The van der Waals surface area contributed by atoms with Crippen LogP contribution in [0.3, 0.4) is 0 Å². The molecule has 0 fully saturated rings. The summed E-state index contributed by atoms with van der Waals surface area (Å²) in [6.45, 7) is 0.591. The van der Waals surface area contributed by atoms with E-state index in [-0.39, 0.29) is 5.97 Å². The molecule has 0 aromatic rings. The van der Waals surface area contributed by atoms with Gasteiger partial charge in [0.15, 0.2) is 0 Å². The molecule has 0 radical (unpaired) electrons. The molecule has 0 aromatic carbocycles. The number of carbonyl (C=O) groups excluding carboxylic acids is 1. The second kappa shape index (κ2) is 14.5. The molecular formula is C20H30O2. The summed E-state index contributed by atoms with van der Waals surface area (Å²) in [6, 6.07) is 0. The lowest BCUT2D eigenvalue weighted by molar-refractivity contribution is -0.143. The molecular weight excluding hydrogens is 272 g/mol. The van der Waals surface area contributed by atoms with Crippen LogP contribution in [0.2, 0.25) is 0 Å². The molecule has 22 heavy (non-hydrogen) atoms. The predicted octanol–water partition coefficient (Wildman–Crippen LogP) is 5.01. The second-order valence-corrected chi connectivity index (χ2v) is 5.96. The normalized spacial score (nSPS) is 20.3. The van der Waals surface area contributed by atoms with Crippen molar-refractivity contribution in [3.63, 3.8) is 0 Å². The summed E-state index contributed by atoms with van der Waals surface area (Å²) in [5.74, 6) is 12.2. The zero-order chi connectivity index (χ0) is 15.7. The first-order valence-corrected chi connectivity index (χ1v) is 9.01. The van der Waals surface area contributed by atoms with Crippen molar-refractivity contribution in [2.75, 3.05) is 6.61 Å². The Bertz CT molecular complexity index is 365. The molecule has 122 valence electrons. The quantitative estimate of drug-likeness (QED) is 0.464. The number of rotatable bonds is 0. The highest BCUT2D eigenvalue weighted by molar-refractivity contribution is 5.69. The molecule has 2 nitrogen and oxygen atoms in total. The van der Waals surface area contributed by atoms with E-state index in [1.165, 1.54) is 32.1 Å². The van der Waals surface area contributed by atoms with Gasteiger partial charge in [0.1, 0.15) is 0 Å². The maximum Gasteiger partial charge on any atom is 0.305 e. The molecule has 0 bridgehead atoms. The summed E-state index contributed by atoms with van der Waals surface area (Å²) in [5.41, 5.74) is 0. The minimum Gasteiger partial charge on any atom is -0.466 e. The first-order chi connectivity index (χ1) is 10.9. The van der Waals surface area contributed by atoms with Crippen LogP contribution in [0.15, 0.2) is 0 Å². The van der Waals surface area contributed by atoms with Crippen LogP contribution in [0.25, 0.3) is 0 Å². The molecule has 0 atom stereocenters. The van der Waals surface area contributed by atoms with Crippen LogP contribution in [0, 0.1) is 23.7 Å². The van der Waals surface area contributed by atoms with Gasteiger partial charge < -0.3 is 4.74 Å². The molecule has 1 aliphatic heterocycles. The molecule has 0 aliphatic carbocycles. The fraction of sp³-hybridized carbons (Fsp3) is 0.750. The molecule has 0 unspecified atom stereocenters. The Kier molecular flexibility index (Phi) is 12.3. The molecule has 0 saturated carbocycles. The van der Waals surface area contributed by atoms with Gasteiger partial charge in [-0.25, -0.2) is 0 Å².